The molecule has 0 bridgehead atoms. The molecule has 1 aromatic rings. The predicted octanol–water partition coefficient (Wildman–Crippen LogP) is -0.480. The Labute approximate surface area is 165 Å². The van der Waals surface area contributed by atoms with Crippen molar-refractivity contribution in [3.8, 4) is 0 Å². The van der Waals surface area contributed by atoms with E-state index in [0.717, 1.165) is 10.5 Å². The number of ether oxygens (including phenoxy) is 1. The van der Waals surface area contributed by atoms with Crippen molar-refractivity contribution in [1.82, 2.24) is 10.2 Å². The van der Waals surface area contributed by atoms with Gasteiger partial charge in [0, 0.05) is 13.5 Å². The number of carbonyl (C=O) groups excluding carboxylic acids is 2. The van der Waals surface area contributed by atoms with Gasteiger partial charge in [0.05, 0.1) is 12.4 Å². The van der Waals surface area contributed by atoms with Crippen LogP contribution in [-0.2, 0) is 24.9 Å². The Morgan fingerprint density at radius 3 is 2.57 bits per heavy atom. The first-order valence-corrected chi connectivity index (χ1v) is 11.4. The smallest absolute Gasteiger partial charge is 0.329 e. The van der Waals surface area contributed by atoms with Gasteiger partial charge >= 0.3 is 6.03 Å². The van der Waals surface area contributed by atoms with Crippen LogP contribution in [-0.4, -0.2) is 69.7 Å². The maximum Gasteiger partial charge on any atom is 0.329 e. The first kappa shape index (κ1) is 20.8. The Morgan fingerprint density at radius 2 is 2.00 bits per heavy atom. The summed E-state index contributed by atoms with van der Waals surface area (Å²) in [6.07, 6.45) is 0.964. The second kappa shape index (κ2) is 8.18. The van der Waals surface area contributed by atoms with Crippen LogP contribution in [0.1, 0.15) is 25.3 Å². The van der Waals surface area contributed by atoms with Gasteiger partial charge in [-0.05, 0) is 12.0 Å². The predicted molar refractivity (Wildman–Crippen MR) is 103 cm³/mol. The van der Waals surface area contributed by atoms with E-state index >= 15 is 0 Å². The minimum atomic E-state index is -3.06. The number of hydrogen-bond acceptors (Lipinski definition) is 5. The highest BCUT2D eigenvalue weighted by molar-refractivity contribution is 7.91. The quantitative estimate of drug-likeness (QED) is 0.564. The van der Waals surface area contributed by atoms with Crippen molar-refractivity contribution in [3.63, 3.8) is 0 Å². The topological polar surface area (TPSA) is 97.2 Å². The highest BCUT2D eigenvalue weighted by Crippen LogP contribution is 2.31. The SMILES string of the molecule is CC[C@@]1(c2ccccc2)NC(=O)N(C[NH+](CCOC)[C@@H]2CCS(=O)(=O)C2)C1=O. The molecule has 1 aromatic carbocycles. The van der Waals surface area contributed by atoms with Crippen molar-refractivity contribution in [3.05, 3.63) is 35.9 Å². The summed E-state index contributed by atoms with van der Waals surface area (Å²) in [5.74, 6) is -0.0631. The Hall–Kier alpha value is -1.97. The van der Waals surface area contributed by atoms with Gasteiger partial charge < -0.3 is 15.0 Å². The molecule has 154 valence electrons. The van der Waals surface area contributed by atoms with Gasteiger partial charge in [0.1, 0.15) is 23.9 Å². The van der Waals surface area contributed by atoms with Crippen LogP contribution >= 0.6 is 0 Å². The third-order valence-electron chi connectivity index (χ3n) is 5.77. The lowest BCUT2D eigenvalue weighted by atomic mass is 9.87. The Kier molecular flexibility index (Phi) is 6.07. The van der Waals surface area contributed by atoms with Crippen molar-refractivity contribution in [1.29, 1.82) is 0 Å². The number of urea groups is 1. The molecule has 1 unspecified atom stereocenters. The van der Waals surface area contributed by atoms with Crippen LogP contribution in [0.5, 0.6) is 0 Å². The van der Waals surface area contributed by atoms with Crippen LogP contribution in [0.25, 0.3) is 0 Å². The van der Waals surface area contributed by atoms with Crippen molar-refractivity contribution in [2.45, 2.75) is 31.3 Å². The third kappa shape index (κ3) is 3.92. The molecule has 0 spiro atoms. The maximum absolute atomic E-state index is 13.3. The highest BCUT2D eigenvalue weighted by Gasteiger charge is 2.52. The van der Waals surface area contributed by atoms with Crippen LogP contribution in [0.2, 0.25) is 0 Å². The van der Waals surface area contributed by atoms with Gasteiger partial charge in [0.2, 0.25) is 0 Å². The molecule has 0 radical (unpaired) electrons. The number of carbonyl (C=O) groups is 2. The van der Waals surface area contributed by atoms with Gasteiger partial charge in [-0.2, -0.15) is 0 Å². The molecule has 2 aliphatic heterocycles. The van der Waals surface area contributed by atoms with E-state index in [9.17, 15) is 18.0 Å². The van der Waals surface area contributed by atoms with E-state index in [1.54, 1.807) is 7.11 Å². The fourth-order valence-electron chi connectivity index (χ4n) is 4.10. The zero-order valence-electron chi connectivity index (χ0n) is 16.3. The van der Waals surface area contributed by atoms with Gasteiger partial charge in [-0.3, -0.25) is 4.79 Å². The molecule has 2 heterocycles. The van der Waals surface area contributed by atoms with Crippen molar-refractivity contribution >= 4 is 21.8 Å². The third-order valence-corrected chi connectivity index (χ3v) is 7.54. The molecule has 8 nitrogen and oxygen atoms in total. The summed E-state index contributed by atoms with van der Waals surface area (Å²) in [4.78, 5) is 28.1. The number of benzene rings is 1. The molecule has 9 heteroatoms. The second-order valence-corrected chi connectivity index (χ2v) is 9.68. The van der Waals surface area contributed by atoms with E-state index in [1.807, 2.05) is 37.3 Å². The van der Waals surface area contributed by atoms with Crippen molar-refractivity contribution in [2.75, 3.05) is 38.4 Å². The number of sulfone groups is 1. The molecule has 0 saturated carbocycles. The van der Waals surface area contributed by atoms with E-state index in [0.29, 0.717) is 26.0 Å². The lowest BCUT2D eigenvalue weighted by Crippen LogP contribution is -3.18. The average Bonchev–Trinajstić information content (AvgIpc) is 3.17. The van der Waals surface area contributed by atoms with Crippen LogP contribution in [0, 0.1) is 0 Å². The molecule has 3 atom stereocenters. The number of rotatable bonds is 8. The van der Waals surface area contributed by atoms with Crippen LogP contribution in [0.3, 0.4) is 0 Å². The van der Waals surface area contributed by atoms with Crippen molar-refractivity contribution in [2.24, 2.45) is 0 Å². The van der Waals surface area contributed by atoms with Gasteiger partial charge in [-0.25, -0.2) is 18.1 Å². The zero-order chi connectivity index (χ0) is 20.4. The van der Waals surface area contributed by atoms with Gasteiger partial charge in [-0.1, -0.05) is 37.3 Å². The summed E-state index contributed by atoms with van der Waals surface area (Å²) in [6, 6.07) is 8.64. The summed E-state index contributed by atoms with van der Waals surface area (Å²) in [5, 5.41) is 2.88. The lowest BCUT2D eigenvalue weighted by Gasteiger charge is -2.29. The molecule has 0 aromatic heterocycles. The van der Waals surface area contributed by atoms with Gasteiger partial charge in [0.25, 0.3) is 5.91 Å². The molecule has 0 aliphatic carbocycles. The highest BCUT2D eigenvalue weighted by atomic mass is 32.2. The van der Waals surface area contributed by atoms with Crippen molar-refractivity contribution < 1.29 is 27.6 Å². The molecule has 28 heavy (non-hydrogen) atoms. The molecular weight excluding hydrogens is 382 g/mol. The number of quaternary nitrogens is 1. The lowest BCUT2D eigenvalue weighted by molar-refractivity contribution is -0.929. The number of nitrogens with one attached hydrogen (secondary N) is 2. The molecule has 3 amide bonds. The summed E-state index contributed by atoms with van der Waals surface area (Å²) < 4.78 is 29.0. The standard InChI is InChI=1S/C19H27N3O5S/c1-3-19(15-7-5-4-6-8-15)17(23)22(18(24)20-19)14-21(10-11-27-2)16-9-12-28(25,26)13-16/h4-8,16H,3,9-14H2,1-2H3,(H,20,24)/p+1/t16-,19+/m1/s1. The molecule has 2 aliphatic rings. The van der Waals surface area contributed by atoms with Gasteiger partial charge in [-0.15, -0.1) is 0 Å². The first-order chi connectivity index (χ1) is 13.3. The van der Waals surface area contributed by atoms with Crippen LogP contribution in [0.15, 0.2) is 30.3 Å². The fraction of sp³-hybridized carbons (Fsp3) is 0.579. The minimum absolute atomic E-state index is 0.0767. The largest absolute Gasteiger partial charge is 0.379 e. The molecule has 3 rings (SSSR count). The number of methoxy groups -OCH3 is 1. The van der Waals surface area contributed by atoms with E-state index in [-0.39, 0.29) is 30.1 Å². The Balaban J connectivity index is 1.83. The van der Waals surface area contributed by atoms with E-state index < -0.39 is 21.4 Å². The molecule has 2 fully saturated rings. The fourth-order valence-corrected chi connectivity index (χ4v) is 5.92. The number of hydrogen-bond donors (Lipinski definition) is 2. The Bertz CT molecular complexity index is 829. The normalized spacial score (nSPS) is 27.8. The summed E-state index contributed by atoms with van der Waals surface area (Å²) in [5.41, 5.74) is -0.327. The summed E-state index contributed by atoms with van der Waals surface area (Å²) >= 11 is 0. The zero-order valence-corrected chi connectivity index (χ0v) is 17.1. The summed E-state index contributed by atoms with van der Waals surface area (Å²) in [7, 11) is -1.48. The molecular formula is C19H28N3O5S+. The number of amides is 3. The van der Waals surface area contributed by atoms with Crippen LogP contribution in [0.4, 0.5) is 4.79 Å². The monoisotopic (exact) mass is 410 g/mol. The number of imide groups is 1. The maximum atomic E-state index is 13.3. The molecule has 2 saturated heterocycles. The van der Waals surface area contributed by atoms with Gasteiger partial charge in [0.15, 0.2) is 16.5 Å². The average molecular weight is 411 g/mol. The second-order valence-electron chi connectivity index (χ2n) is 7.45. The molecule has 2 N–H and O–H groups in total. The van der Waals surface area contributed by atoms with E-state index in [2.05, 4.69) is 5.32 Å². The minimum Gasteiger partial charge on any atom is -0.379 e. The first-order valence-electron chi connectivity index (χ1n) is 9.56. The number of nitrogens with zero attached hydrogens (tertiary/aromatic N) is 1. The van der Waals surface area contributed by atoms with E-state index in [1.165, 1.54) is 4.90 Å². The summed E-state index contributed by atoms with van der Waals surface area (Å²) in [6.45, 7) is 2.95. The Morgan fingerprint density at radius 1 is 1.29 bits per heavy atom. The van der Waals surface area contributed by atoms with Crippen LogP contribution < -0.4 is 10.2 Å². The van der Waals surface area contributed by atoms with E-state index in [4.69, 9.17) is 4.74 Å².